The van der Waals surface area contributed by atoms with Gasteiger partial charge in [-0.05, 0) is 17.4 Å². The fraction of sp³-hybridized carbons (Fsp3) is 0.353. The summed E-state index contributed by atoms with van der Waals surface area (Å²) in [6.45, 7) is 4.23. The summed E-state index contributed by atoms with van der Waals surface area (Å²) in [6.07, 6.45) is 1.35. The Morgan fingerprint density at radius 3 is 2.74 bits per heavy atom. The Morgan fingerprint density at radius 2 is 2.00 bits per heavy atom. The van der Waals surface area contributed by atoms with E-state index in [1.165, 1.54) is 0 Å². The number of benzene rings is 1. The molecule has 0 spiro atoms. The number of nitrogens with two attached hydrogens (primary N) is 1. The third-order valence-corrected chi connectivity index (χ3v) is 4.46. The largest absolute Gasteiger partial charge is 0.366 e. The molecule has 2 aliphatic rings. The molecule has 1 unspecified atom stereocenters. The molecule has 6 heteroatoms. The van der Waals surface area contributed by atoms with Gasteiger partial charge in [-0.15, -0.1) is 5.10 Å². The van der Waals surface area contributed by atoms with Gasteiger partial charge in [0.05, 0.1) is 0 Å². The first-order valence-corrected chi connectivity index (χ1v) is 7.75. The molecule has 1 atom stereocenters. The number of anilines is 2. The number of carbonyl (C=O) groups excluding carboxylic acids is 1. The predicted molar refractivity (Wildman–Crippen MR) is 87.7 cm³/mol. The fourth-order valence-electron chi connectivity index (χ4n) is 3.57. The molecule has 118 valence electrons. The Kier molecular flexibility index (Phi) is 2.85. The van der Waals surface area contributed by atoms with Crippen LogP contribution in [-0.4, -0.2) is 20.5 Å². The zero-order valence-electron chi connectivity index (χ0n) is 13.2. The van der Waals surface area contributed by atoms with E-state index in [1.54, 1.807) is 4.68 Å². The van der Waals surface area contributed by atoms with Gasteiger partial charge in [-0.3, -0.25) is 4.79 Å². The maximum atomic E-state index is 12.9. The molecule has 1 aliphatic carbocycles. The number of aromatic nitrogens is 3. The van der Waals surface area contributed by atoms with E-state index >= 15 is 0 Å². The number of hydrogen-bond donors (Lipinski definition) is 2. The molecule has 1 aliphatic heterocycles. The molecular weight excluding hydrogens is 290 g/mol. The van der Waals surface area contributed by atoms with Crippen LogP contribution >= 0.6 is 0 Å². The summed E-state index contributed by atoms with van der Waals surface area (Å²) in [5.41, 5.74) is 8.48. The lowest BCUT2D eigenvalue weighted by Gasteiger charge is -2.38. The van der Waals surface area contributed by atoms with Gasteiger partial charge in [0, 0.05) is 17.7 Å². The van der Waals surface area contributed by atoms with Crippen molar-refractivity contribution in [3.8, 4) is 0 Å². The summed E-state index contributed by atoms with van der Waals surface area (Å²) < 4.78 is 1.72. The number of ketones is 1. The molecule has 2 heterocycles. The monoisotopic (exact) mass is 309 g/mol. The van der Waals surface area contributed by atoms with E-state index in [9.17, 15) is 4.79 Å². The van der Waals surface area contributed by atoms with Crippen molar-refractivity contribution in [2.45, 2.75) is 32.7 Å². The summed E-state index contributed by atoms with van der Waals surface area (Å²) in [5, 5.41) is 7.58. The van der Waals surface area contributed by atoms with Crippen LogP contribution in [0.1, 0.15) is 38.3 Å². The van der Waals surface area contributed by atoms with Crippen molar-refractivity contribution in [1.29, 1.82) is 0 Å². The fourth-order valence-corrected chi connectivity index (χ4v) is 3.57. The topological polar surface area (TPSA) is 85.8 Å². The van der Waals surface area contributed by atoms with E-state index < -0.39 is 0 Å². The number of allylic oxidation sites excluding steroid dienone is 2. The Labute approximate surface area is 134 Å². The number of nitrogens with one attached hydrogen (secondary N) is 1. The molecule has 4 rings (SSSR count). The smallest absolute Gasteiger partial charge is 0.241 e. The zero-order valence-corrected chi connectivity index (χ0v) is 13.2. The molecule has 3 N–H and O–H groups in total. The molecule has 1 aromatic carbocycles. The molecule has 0 amide bonds. The Balaban J connectivity index is 1.92. The van der Waals surface area contributed by atoms with Crippen LogP contribution in [0.2, 0.25) is 0 Å². The minimum Gasteiger partial charge on any atom is -0.366 e. The molecule has 6 nitrogen and oxygen atoms in total. The van der Waals surface area contributed by atoms with E-state index in [4.69, 9.17) is 5.73 Å². The maximum Gasteiger partial charge on any atom is 0.241 e. The second-order valence-electron chi connectivity index (χ2n) is 7.01. The van der Waals surface area contributed by atoms with Crippen molar-refractivity contribution in [2.75, 3.05) is 11.1 Å². The van der Waals surface area contributed by atoms with Gasteiger partial charge < -0.3 is 11.1 Å². The first kappa shape index (κ1) is 14.0. The minimum absolute atomic E-state index is 0.0576. The van der Waals surface area contributed by atoms with Crippen molar-refractivity contribution < 1.29 is 4.79 Å². The third-order valence-electron chi connectivity index (χ3n) is 4.46. The molecule has 1 aromatic heterocycles. The van der Waals surface area contributed by atoms with Crippen molar-refractivity contribution in [2.24, 2.45) is 5.41 Å². The number of fused-ring (bicyclic) bond motifs is 1. The average molecular weight is 309 g/mol. The van der Waals surface area contributed by atoms with Crippen molar-refractivity contribution in [1.82, 2.24) is 14.8 Å². The molecule has 0 fully saturated rings. The van der Waals surface area contributed by atoms with Crippen LogP contribution < -0.4 is 11.1 Å². The van der Waals surface area contributed by atoms with Crippen molar-refractivity contribution >= 4 is 17.7 Å². The van der Waals surface area contributed by atoms with Gasteiger partial charge in [0.15, 0.2) is 5.78 Å². The Hall–Kier alpha value is -2.63. The van der Waals surface area contributed by atoms with Crippen LogP contribution in [0.5, 0.6) is 0 Å². The average Bonchev–Trinajstić information content (AvgIpc) is 2.84. The summed E-state index contributed by atoms with van der Waals surface area (Å²) in [6, 6.07) is 9.65. The lowest BCUT2D eigenvalue weighted by Crippen LogP contribution is -2.36. The van der Waals surface area contributed by atoms with E-state index in [0.29, 0.717) is 12.4 Å². The van der Waals surface area contributed by atoms with Crippen LogP contribution in [0.4, 0.5) is 11.9 Å². The maximum absolute atomic E-state index is 12.9. The van der Waals surface area contributed by atoms with Gasteiger partial charge in [-0.1, -0.05) is 44.2 Å². The third kappa shape index (κ3) is 2.21. The summed E-state index contributed by atoms with van der Waals surface area (Å²) in [7, 11) is 0. The number of Topliss-reactive ketones (excluding diaryl/α,β-unsaturated/α-hetero) is 1. The number of nitrogen functional groups attached to an aromatic ring is 1. The SMILES string of the molecule is CC1(C)CC(=O)C2=C(C1)Nc1nc(N)nn1C2c1ccccc1. The highest BCUT2D eigenvalue weighted by molar-refractivity contribution is 6.00. The first-order valence-electron chi connectivity index (χ1n) is 7.75. The molecular formula is C17H19N5O. The number of nitrogens with zero attached hydrogens (tertiary/aromatic N) is 3. The van der Waals surface area contributed by atoms with Crippen LogP contribution in [0.25, 0.3) is 0 Å². The molecule has 0 saturated carbocycles. The lowest BCUT2D eigenvalue weighted by molar-refractivity contribution is -0.118. The summed E-state index contributed by atoms with van der Waals surface area (Å²) in [5.74, 6) is 0.970. The van der Waals surface area contributed by atoms with E-state index in [-0.39, 0.29) is 23.2 Å². The zero-order chi connectivity index (χ0) is 16.2. The minimum atomic E-state index is -0.268. The lowest BCUT2D eigenvalue weighted by atomic mass is 9.73. The van der Waals surface area contributed by atoms with Crippen molar-refractivity contribution in [3.63, 3.8) is 0 Å². The summed E-state index contributed by atoms with van der Waals surface area (Å²) in [4.78, 5) is 17.1. The molecule has 23 heavy (non-hydrogen) atoms. The first-order chi connectivity index (χ1) is 10.9. The predicted octanol–water partition coefficient (Wildman–Crippen LogP) is 2.52. The van der Waals surface area contributed by atoms with E-state index in [0.717, 1.165) is 23.3 Å². The highest BCUT2D eigenvalue weighted by atomic mass is 16.1. The Bertz CT molecular complexity index is 819. The number of hydrogen-bond acceptors (Lipinski definition) is 5. The normalized spacial score (nSPS) is 22.3. The van der Waals surface area contributed by atoms with Gasteiger partial charge >= 0.3 is 0 Å². The van der Waals surface area contributed by atoms with Crippen molar-refractivity contribution in [3.05, 3.63) is 47.2 Å². The van der Waals surface area contributed by atoms with Crippen LogP contribution in [0.3, 0.4) is 0 Å². The van der Waals surface area contributed by atoms with E-state index in [2.05, 4.69) is 29.2 Å². The quantitative estimate of drug-likeness (QED) is 0.845. The highest BCUT2D eigenvalue weighted by Crippen LogP contribution is 2.45. The van der Waals surface area contributed by atoms with E-state index in [1.807, 2.05) is 30.3 Å². The van der Waals surface area contributed by atoms with Gasteiger partial charge in [0.2, 0.25) is 11.9 Å². The standard InChI is InChI=1S/C17H19N5O/c1-17(2)8-11-13(12(23)9-17)14(10-6-4-3-5-7-10)22-16(19-11)20-15(18)21-22/h3-7,14H,8-9H2,1-2H3,(H3,18,19,20,21). The van der Waals surface area contributed by atoms with Crippen LogP contribution in [-0.2, 0) is 4.79 Å². The second kappa shape index (κ2) is 4.68. The van der Waals surface area contributed by atoms with Gasteiger partial charge in [0.25, 0.3) is 0 Å². The summed E-state index contributed by atoms with van der Waals surface area (Å²) >= 11 is 0. The number of carbonyl (C=O) groups is 1. The molecule has 2 aromatic rings. The van der Waals surface area contributed by atoms with Crippen LogP contribution in [0.15, 0.2) is 41.6 Å². The number of rotatable bonds is 1. The highest BCUT2D eigenvalue weighted by Gasteiger charge is 2.41. The molecule has 0 saturated heterocycles. The van der Waals surface area contributed by atoms with Gasteiger partial charge in [-0.25, -0.2) is 4.68 Å². The van der Waals surface area contributed by atoms with Gasteiger partial charge in [0.1, 0.15) is 6.04 Å². The second-order valence-corrected chi connectivity index (χ2v) is 7.01. The van der Waals surface area contributed by atoms with Gasteiger partial charge in [-0.2, -0.15) is 4.98 Å². The van der Waals surface area contributed by atoms with Crippen LogP contribution in [0, 0.1) is 5.41 Å². The molecule has 0 bridgehead atoms. The molecule has 0 radical (unpaired) electrons. The Morgan fingerprint density at radius 1 is 1.26 bits per heavy atom.